The smallest absolute Gasteiger partial charge is 0.309 e. The number of aliphatic hydroxyl groups excluding tert-OH is 1. The van der Waals surface area contributed by atoms with Gasteiger partial charge >= 0.3 is 11.9 Å². The molecule has 1 saturated carbocycles. The maximum Gasteiger partial charge on any atom is 0.309 e. The summed E-state index contributed by atoms with van der Waals surface area (Å²) in [5, 5.41) is 9.04. The van der Waals surface area contributed by atoms with Gasteiger partial charge in [0.05, 0.1) is 37.5 Å². The monoisotopic (exact) mass is 250 g/mol. The van der Waals surface area contributed by atoms with E-state index in [4.69, 9.17) is 11.6 Å². The van der Waals surface area contributed by atoms with E-state index in [9.17, 15) is 14.7 Å². The highest BCUT2D eigenvalue weighted by Crippen LogP contribution is 2.34. The molecule has 16 heavy (non-hydrogen) atoms. The molecular formula is C10H15ClO5. The molecule has 0 bridgehead atoms. The molecule has 92 valence electrons. The molecule has 6 heteroatoms. The molecule has 0 aromatic carbocycles. The maximum absolute atomic E-state index is 11.5. The van der Waals surface area contributed by atoms with E-state index in [1.807, 2.05) is 0 Å². The van der Waals surface area contributed by atoms with E-state index in [0.29, 0.717) is 0 Å². The van der Waals surface area contributed by atoms with Crippen molar-refractivity contribution in [2.24, 2.45) is 11.8 Å². The molecule has 1 rings (SSSR count). The van der Waals surface area contributed by atoms with Crippen molar-refractivity contribution in [1.82, 2.24) is 0 Å². The standard InChI is InChI=1S/C10H15ClO5/c1-15-9(13)5-3-7(11)8(12)4-6(5)10(14)16-2/h5-8,12H,3-4H2,1-2H3/t5-,6+,7-,8-/m0/s1. The fraction of sp³-hybridized carbons (Fsp3) is 0.800. The van der Waals surface area contributed by atoms with Crippen molar-refractivity contribution in [3.8, 4) is 0 Å². The lowest BCUT2D eigenvalue weighted by Gasteiger charge is -2.33. The van der Waals surface area contributed by atoms with Crippen LogP contribution in [0.5, 0.6) is 0 Å². The predicted molar refractivity (Wildman–Crippen MR) is 55.9 cm³/mol. The van der Waals surface area contributed by atoms with Crippen LogP contribution in [0, 0.1) is 11.8 Å². The van der Waals surface area contributed by atoms with Gasteiger partial charge in [-0.05, 0) is 12.8 Å². The van der Waals surface area contributed by atoms with Gasteiger partial charge in [0.25, 0.3) is 0 Å². The lowest BCUT2D eigenvalue weighted by molar-refractivity contribution is -0.161. The molecule has 1 aliphatic rings. The van der Waals surface area contributed by atoms with E-state index in [0.717, 1.165) is 0 Å². The Bertz CT molecular complexity index is 252. The van der Waals surface area contributed by atoms with Crippen molar-refractivity contribution < 1.29 is 24.2 Å². The van der Waals surface area contributed by atoms with Crippen LogP contribution in [0.1, 0.15) is 12.8 Å². The fourth-order valence-corrected chi connectivity index (χ4v) is 2.25. The molecule has 0 aromatic rings. The molecule has 0 saturated heterocycles. The third kappa shape index (κ3) is 2.65. The van der Waals surface area contributed by atoms with Gasteiger partial charge in [0, 0.05) is 0 Å². The van der Waals surface area contributed by atoms with Crippen LogP contribution < -0.4 is 0 Å². The van der Waals surface area contributed by atoms with Crippen molar-refractivity contribution in [2.45, 2.75) is 24.3 Å². The second-order valence-corrected chi connectivity index (χ2v) is 4.37. The fourth-order valence-electron chi connectivity index (χ4n) is 1.96. The summed E-state index contributed by atoms with van der Waals surface area (Å²) in [6.45, 7) is 0. The minimum Gasteiger partial charge on any atom is -0.469 e. The third-order valence-electron chi connectivity index (χ3n) is 2.89. The number of hydrogen-bond donors (Lipinski definition) is 1. The number of esters is 2. The molecule has 0 heterocycles. The van der Waals surface area contributed by atoms with Gasteiger partial charge in [-0.15, -0.1) is 11.6 Å². The average Bonchev–Trinajstić information content (AvgIpc) is 2.30. The average molecular weight is 251 g/mol. The summed E-state index contributed by atoms with van der Waals surface area (Å²) >= 11 is 5.87. The van der Waals surface area contributed by atoms with E-state index < -0.39 is 35.3 Å². The van der Waals surface area contributed by atoms with Crippen LogP contribution in [-0.2, 0) is 19.1 Å². The quantitative estimate of drug-likeness (QED) is 0.565. The highest BCUT2D eigenvalue weighted by atomic mass is 35.5. The summed E-state index contributed by atoms with van der Waals surface area (Å²) in [7, 11) is 2.50. The van der Waals surface area contributed by atoms with Crippen molar-refractivity contribution >= 4 is 23.5 Å². The molecule has 0 spiro atoms. The van der Waals surface area contributed by atoms with Crippen LogP contribution in [0.15, 0.2) is 0 Å². The van der Waals surface area contributed by atoms with Crippen molar-refractivity contribution in [2.75, 3.05) is 14.2 Å². The molecular weight excluding hydrogens is 236 g/mol. The van der Waals surface area contributed by atoms with E-state index in [-0.39, 0.29) is 12.8 Å². The Kier molecular flexibility index (Phi) is 4.56. The van der Waals surface area contributed by atoms with E-state index in [1.54, 1.807) is 0 Å². The predicted octanol–water partition coefficient (Wildman–Crippen LogP) is 0.327. The summed E-state index contributed by atoms with van der Waals surface area (Å²) in [5.41, 5.74) is 0. The van der Waals surface area contributed by atoms with Gasteiger partial charge in [-0.2, -0.15) is 0 Å². The minimum absolute atomic E-state index is 0.126. The largest absolute Gasteiger partial charge is 0.469 e. The zero-order valence-electron chi connectivity index (χ0n) is 9.18. The molecule has 1 fully saturated rings. The van der Waals surface area contributed by atoms with Gasteiger partial charge in [0.2, 0.25) is 0 Å². The number of aliphatic hydroxyl groups is 1. The first kappa shape index (κ1) is 13.3. The molecule has 5 nitrogen and oxygen atoms in total. The molecule has 0 radical (unpaired) electrons. The van der Waals surface area contributed by atoms with Crippen LogP contribution in [-0.4, -0.2) is 42.7 Å². The van der Waals surface area contributed by atoms with E-state index >= 15 is 0 Å². The third-order valence-corrected chi connectivity index (χ3v) is 3.35. The van der Waals surface area contributed by atoms with Gasteiger partial charge in [0.1, 0.15) is 0 Å². The molecule has 0 unspecified atom stereocenters. The van der Waals surface area contributed by atoms with Crippen LogP contribution in [0.25, 0.3) is 0 Å². The number of rotatable bonds is 2. The van der Waals surface area contributed by atoms with Crippen LogP contribution >= 0.6 is 11.6 Å². The van der Waals surface area contributed by atoms with E-state index in [1.165, 1.54) is 14.2 Å². The second-order valence-electron chi connectivity index (χ2n) is 3.81. The molecule has 0 aromatic heterocycles. The Hall–Kier alpha value is -0.810. The Morgan fingerprint density at radius 3 is 2.00 bits per heavy atom. The van der Waals surface area contributed by atoms with Crippen molar-refractivity contribution in [1.29, 1.82) is 0 Å². The molecule has 0 aliphatic heterocycles. The topological polar surface area (TPSA) is 72.8 Å². The lowest BCUT2D eigenvalue weighted by atomic mass is 9.77. The number of alkyl halides is 1. The zero-order valence-corrected chi connectivity index (χ0v) is 9.94. The van der Waals surface area contributed by atoms with Crippen LogP contribution in [0.2, 0.25) is 0 Å². The Balaban J connectivity index is 2.83. The molecule has 4 atom stereocenters. The summed E-state index contributed by atoms with van der Waals surface area (Å²) in [4.78, 5) is 22.9. The Labute approximate surface area is 98.7 Å². The SMILES string of the molecule is COC(=O)[C@H]1C[C@H](Cl)[C@@H](O)C[C@H]1C(=O)OC. The normalized spacial score (nSPS) is 34.2. The number of hydrogen-bond acceptors (Lipinski definition) is 5. The highest BCUT2D eigenvalue weighted by Gasteiger charge is 2.44. The van der Waals surface area contributed by atoms with Gasteiger partial charge in [0.15, 0.2) is 0 Å². The van der Waals surface area contributed by atoms with Crippen molar-refractivity contribution in [3.05, 3.63) is 0 Å². The Morgan fingerprint density at radius 1 is 1.12 bits per heavy atom. The molecule has 1 aliphatic carbocycles. The summed E-state index contributed by atoms with van der Waals surface area (Å²) in [6.07, 6.45) is -0.456. The highest BCUT2D eigenvalue weighted by molar-refractivity contribution is 6.21. The zero-order chi connectivity index (χ0) is 12.3. The first-order chi connectivity index (χ1) is 7.51. The molecule has 0 amide bonds. The van der Waals surface area contributed by atoms with Crippen molar-refractivity contribution in [3.63, 3.8) is 0 Å². The summed E-state index contributed by atoms with van der Waals surface area (Å²) in [6, 6.07) is 0. The first-order valence-electron chi connectivity index (χ1n) is 4.99. The lowest BCUT2D eigenvalue weighted by Crippen LogP contribution is -2.43. The number of halogens is 1. The second kappa shape index (κ2) is 5.50. The van der Waals surface area contributed by atoms with Crippen LogP contribution in [0.3, 0.4) is 0 Å². The number of methoxy groups -OCH3 is 2. The summed E-state index contributed by atoms with van der Waals surface area (Å²) in [5.74, 6) is -2.32. The number of carbonyl (C=O) groups excluding carboxylic acids is 2. The first-order valence-corrected chi connectivity index (χ1v) is 5.42. The summed E-state index contributed by atoms with van der Waals surface area (Å²) < 4.78 is 9.21. The molecule has 1 N–H and O–H groups in total. The minimum atomic E-state index is -0.799. The van der Waals surface area contributed by atoms with Crippen LogP contribution in [0.4, 0.5) is 0 Å². The maximum atomic E-state index is 11.5. The van der Waals surface area contributed by atoms with Gasteiger partial charge < -0.3 is 14.6 Å². The van der Waals surface area contributed by atoms with E-state index in [2.05, 4.69) is 9.47 Å². The van der Waals surface area contributed by atoms with Gasteiger partial charge in [-0.1, -0.05) is 0 Å². The number of carbonyl (C=O) groups is 2. The number of ether oxygens (including phenoxy) is 2. The van der Waals surface area contributed by atoms with Gasteiger partial charge in [-0.25, -0.2) is 0 Å². The van der Waals surface area contributed by atoms with Gasteiger partial charge in [-0.3, -0.25) is 9.59 Å². The Morgan fingerprint density at radius 2 is 1.56 bits per heavy atom.